The van der Waals surface area contributed by atoms with E-state index < -0.39 is 0 Å². The van der Waals surface area contributed by atoms with Crippen molar-refractivity contribution in [3.8, 4) is 5.75 Å². The molecule has 0 fully saturated rings. The molecule has 0 radical (unpaired) electrons. The van der Waals surface area contributed by atoms with E-state index in [-0.39, 0.29) is 23.5 Å². The fourth-order valence-corrected chi connectivity index (χ4v) is 4.28. The summed E-state index contributed by atoms with van der Waals surface area (Å²) < 4.78 is 20.8. The third-order valence-corrected chi connectivity index (χ3v) is 5.28. The second-order valence-electron chi connectivity index (χ2n) is 5.06. The number of halogens is 3. The molecule has 0 aromatic heterocycles. The molecular formula is C17H11Br2FN2O2S. The van der Waals surface area contributed by atoms with Crippen molar-refractivity contribution in [2.75, 3.05) is 0 Å². The molecule has 2 aromatic carbocycles. The van der Waals surface area contributed by atoms with Gasteiger partial charge in [0, 0.05) is 5.56 Å². The Bertz CT molecular complexity index is 892. The first-order chi connectivity index (χ1) is 11.9. The Balaban J connectivity index is 1.80. The van der Waals surface area contributed by atoms with Crippen molar-refractivity contribution < 1.29 is 13.9 Å². The summed E-state index contributed by atoms with van der Waals surface area (Å²) in [6, 6.07) is 10.1. The lowest BCUT2D eigenvalue weighted by atomic mass is 10.2. The predicted molar refractivity (Wildman–Crippen MR) is 105 cm³/mol. The van der Waals surface area contributed by atoms with Crippen molar-refractivity contribution in [1.82, 2.24) is 0 Å². The second kappa shape index (κ2) is 7.72. The van der Waals surface area contributed by atoms with Gasteiger partial charge < -0.3 is 10.5 Å². The molecule has 1 aliphatic rings. The quantitative estimate of drug-likeness (QED) is 0.628. The number of aliphatic imine (C=N–C) groups is 1. The van der Waals surface area contributed by atoms with Crippen molar-refractivity contribution in [3.63, 3.8) is 0 Å². The highest BCUT2D eigenvalue weighted by molar-refractivity contribution is 9.11. The number of hydrogen-bond donors (Lipinski definition) is 1. The highest BCUT2D eigenvalue weighted by Crippen LogP contribution is 2.37. The van der Waals surface area contributed by atoms with Gasteiger partial charge in [0.05, 0.1) is 13.9 Å². The zero-order chi connectivity index (χ0) is 18.0. The highest BCUT2D eigenvalue weighted by atomic mass is 79.9. The monoisotopic (exact) mass is 484 g/mol. The number of amidine groups is 1. The second-order valence-corrected chi connectivity index (χ2v) is 7.83. The van der Waals surface area contributed by atoms with Crippen molar-refractivity contribution in [1.29, 1.82) is 0 Å². The number of benzene rings is 2. The summed E-state index contributed by atoms with van der Waals surface area (Å²) in [6.07, 6.45) is 1.70. The number of carbonyl (C=O) groups is 1. The van der Waals surface area contributed by atoms with Gasteiger partial charge in [-0.3, -0.25) is 4.79 Å². The minimum Gasteiger partial charge on any atom is -0.486 e. The van der Waals surface area contributed by atoms with Gasteiger partial charge in [0.2, 0.25) is 0 Å². The molecule has 128 valence electrons. The number of ether oxygens (including phenoxy) is 1. The van der Waals surface area contributed by atoms with Crippen LogP contribution in [0.3, 0.4) is 0 Å². The van der Waals surface area contributed by atoms with E-state index in [0.717, 1.165) is 17.3 Å². The molecule has 25 heavy (non-hydrogen) atoms. The van der Waals surface area contributed by atoms with Crippen LogP contribution in [0.4, 0.5) is 4.39 Å². The summed E-state index contributed by atoms with van der Waals surface area (Å²) in [4.78, 5) is 15.8. The first-order valence-electron chi connectivity index (χ1n) is 7.07. The Kier molecular flexibility index (Phi) is 5.61. The lowest BCUT2D eigenvalue weighted by Gasteiger charge is -2.12. The SMILES string of the molecule is NC1=NC(=O)/C(=C\c2cc(Br)c(OCc3ccccc3F)c(Br)c2)S1. The van der Waals surface area contributed by atoms with E-state index in [1.807, 2.05) is 0 Å². The fourth-order valence-electron chi connectivity index (χ4n) is 2.14. The van der Waals surface area contributed by atoms with Crippen LogP contribution < -0.4 is 10.5 Å². The van der Waals surface area contributed by atoms with E-state index in [4.69, 9.17) is 10.5 Å². The Morgan fingerprint density at radius 3 is 2.52 bits per heavy atom. The summed E-state index contributed by atoms with van der Waals surface area (Å²) in [6.45, 7) is 0.100. The van der Waals surface area contributed by atoms with Crippen LogP contribution in [0.25, 0.3) is 6.08 Å². The van der Waals surface area contributed by atoms with Gasteiger partial charge in [-0.25, -0.2) is 4.39 Å². The van der Waals surface area contributed by atoms with E-state index in [2.05, 4.69) is 36.9 Å². The average molecular weight is 486 g/mol. The molecule has 0 aliphatic carbocycles. The summed E-state index contributed by atoms with van der Waals surface area (Å²) in [5, 5.41) is 0.235. The molecule has 0 atom stereocenters. The minimum atomic E-state index is -0.352. The molecule has 8 heteroatoms. The van der Waals surface area contributed by atoms with Gasteiger partial charge in [-0.1, -0.05) is 18.2 Å². The van der Waals surface area contributed by atoms with Crippen molar-refractivity contribution in [2.24, 2.45) is 10.7 Å². The van der Waals surface area contributed by atoms with E-state index in [1.54, 1.807) is 36.4 Å². The summed E-state index contributed by atoms with van der Waals surface area (Å²) >= 11 is 8.02. The maximum atomic E-state index is 13.7. The van der Waals surface area contributed by atoms with Crippen LogP contribution in [0.15, 0.2) is 55.2 Å². The summed E-state index contributed by atoms with van der Waals surface area (Å²) in [5.74, 6) is -0.119. The van der Waals surface area contributed by atoms with Gasteiger partial charge in [0.15, 0.2) is 5.17 Å². The van der Waals surface area contributed by atoms with Crippen LogP contribution >= 0.6 is 43.6 Å². The lowest BCUT2D eigenvalue weighted by molar-refractivity contribution is -0.113. The molecule has 0 spiro atoms. The highest BCUT2D eigenvalue weighted by Gasteiger charge is 2.20. The molecule has 2 aromatic rings. The zero-order valence-electron chi connectivity index (χ0n) is 12.6. The van der Waals surface area contributed by atoms with Crippen LogP contribution in [0.5, 0.6) is 5.75 Å². The lowest BCUT2D eigenvalue weighted by Crippen LogP contribution is -2.01. The number of rotatable bonds is 4. The number of thioether (sulfide) groups is 1. The Labute approximate surface area is 164 Å². The summed E-state index contributed by atoms with van der Waals surface area (Å²) in [7, 11) is 0. The first kappa shape index (κ1) is 18.2. The van der Waals surface area contributed by atoms with Crippen LogP contribution in [-0.2, 0) is 11.4 Å². The first-order valence-corrected chi connectivity index (χ1v) is 9.47. The standard InChI is InChI=1S/C17H11Br2FN2O2S/c18-11-5-9(7-14-16(23)22-17(21)25-14)6-12(19)15(11)24-8-10-3-1-2-4-13(10)20/h1-7H,8H2,(H2,21,22,23)/b14-7+. The third kappa shape index (κ3) is 4.31. The van der Waals surface area contributed by atoms with Crippen molar-refractivity contribution in [3.05, 3.63) is 67.2 Å². The van der Waals surface area contributed by atoms with E-state index in [1.165, 1.54) is 6.07 Å². The van der Waals surface area contributed by atoms with Crippen LogP contribution in [0, 0.1) is 5.82 Å². The molecular weight excluding hydrogens is 475 g/mol. The molecule has 0 saturated carbocycles. The molecule has 1 aliphatic heterocycles. The van der Waals surface area contributed by atoms with Gasteiger partial charge in [-0.2, -0.15) is 4.99 Å². The normalized spacial score (nSPS) is 15.6. The average Bonchev–Trinajstić information content (AvgIpc) is 2.85. The number of carbonyl (C=O) groups excluding carboxylic acids is 1. The van der Waals surface area contributed by atoms with Crippen molar-refractivity contribution >= 4 is 60.8 Å². The molecule has 4 nitrogen and oxygen atoms in total. The maximum absolute atomic E-state index is 13.7. The van der Waals surface area contributed by atoms with E-state index in [9.17, 15) is 9.18 Å². The largest absolute Gasteiger partial charge is 0.486 e. The van der Waals surface area contributed by atoms with Crippen LogP contribution in [-0.4, -0.2) is 11.1 Å². The topological polar surface area (TPSA) is 64.7 Å². The maximum Gasteiger partial charge on any atom is 0.286 e. The van der Waals surface area contributed by atoms with E-state index in [0.29, 0.717) is 25.2 Å². The molecule has 0 saturated heterocycles. The van der Waals surface area contributed by atoms with Crippen molar-refractivity contribution in [2.45, 2.75) is 6.61 Å². The zero-order valence-corrected chi connectivity index (χ0v) is 16.6. The molecule has 0 bridgehead atoms. The third-order valence-electron chi connectivity index (χ3n) is 3.29. The Morgan fingerprint density at radius 2 is 1.92 bits per heavy atom. The smallest absolute Gasteiger partial charge is 0.286 e. The van der Waals surface area contributed by atoms with Gasteiger partial charge in [-0.05, 0) is 73.5 Å². The van der Waals surface area contributed by atoms with Crippen LogP contribution in [0.1, 0.15) is 11.1 Å². The Morgan fingerprint density at radius 1 is 1.24 bits per heavy atom. The molecule has 1 amide bonds. The number of nitrogens with zero attached hydrogens (tertiary/aromatic N) is 1. The molecule has 1 heterocycles. The molecule has 0 unspecified atom stereocenters. The number of nitrogens with two attached hydrogens (primary N) is 1. The minimum absolute atomic E-state index is 0.100. The Hall–Kier alpha value is -1.64. The fraction of sp³-hybridized carbons (Fsp3) is 0.0588. The van der Waals surface area contributed by atoms with Gasteiger partial charge in [0.25, 0.3) is 5.91 Å². The van der Waals surface area contributed by atoms with Gasteiger partial charge in [0.1, 0.15) is 18.2 Å². The van der Waals surface area contributed by atoms with Crippen LogP contribution in [0.2, 0.25) is 0 Å². The van der Waals surface area contributed by atoms with Gasteiger partial charge >= 0.3 is 0 Å². The number of hydrogen-bond acceptors (Lipinski definition) is 4. The molecule has 3 rings (SSSR count). The molecule has 2 N–H and O–H groups in total. The van der Waals surface area contributed by atoms with E-state index >= 15 is 0 Å². The van der Waals surface area contributed by atoms with Gasteiger partial charge in [-0.15, -0.1) is 0 Å². The predicted octanol–water partition coefficient (Wildman–Crippen LogP) is 4.86. The number of amides is 1. The summed E-state index contributed by atoms with van der Waals surface area (Å²) in [5.41, 5.74) is 6.78.